The minimum atomic E-state index is -0.275. The average molecular weight is 249 g/mol. The molecule has 1 aliphatic rings. The summed E-state index contributed by atoms with van der Waals surface area (Å²) in [6.07, 6.45) is 0.246. The summed E-state index contributed by atoms with van der Waals surface area (Å²) in [5, 5.41) is 0. The number of benzene rings is 1. The van der Waals surface area contributed by atoms with Gasteiger partial charge >= 0.3 is 5.97 Å². The van der Waals surface area contributed by atoms with Gasteiger partial charge in [0.15, 0.2) is 0 Å². The molecule has 5 nitrogen and oxygen atoms in total. The predicted molar refractivity (Wildman–Crippen MR) is 65.9 cm³/mol. The van der Waals surface area contributed by atoms with Gasteiger partial charge in [-0.1, -0.05) is 0 Å². The van der Waals surface area contributed by atoms with E-state index in [0.717, 1.165) is 11.3 Å². The van der Waals surface area contributed by atoms with Crippen LogP contribution in [0.4, 0.5) is 0 Å². The van der Waals surface area contributed by atoms with Gasteiger partial charge in [-0.05, 0) is 24.3 Å². The van der Waals surface area contributed by atoms with E-state index >= 15 is 0 Å². The van der Waals surface area contributed by atoms with E-state index in [9.17, 15) is 4.79 Å². The van der Waals surface area contributed by atoms with Crippen LogP contribution in [0, 0.1) is 0 Å². The van der Waals surface area contributed by atoms with Crippen LogP contribution in [0.5, 0.6) is 5.75 Å². The van der Waals surface area contributed by atoms with Gasteiger partial charge in [0, 0.05) is 5.56 Å². The molecule has 0 amide bonds. The molecule has 1 aliphatic heterocycles. The van der Waals surface area contributed by atoms with Gasteiger partial charge in [-0.15, -0.1) is 0 Å². The van der Waals surface area contributed by atoms with E-state index in [0.29, 0.717) is 12.5 Å². The van der Waals surface area contributed by atoms with Crippen molar-refractivity contribution in [3.8, 4) is 5.75 Å². The van der Waals surface area contributed by atoms with Gasteiger partial charge in [-0.25, -0.2) is 4.99 Å². The van der Waals surface area contributed by atoms with Crippen LogP contribution in [0.3, 0.4) is 0 Å². The lowest BCUT2D eigenvalue weighted by Gasteiger charge is -2.02. The molecule has 96 valence electrons. The molecule has 18 heavy (non-hydrogen) atoms. The van der Waals surface area contributed by atoms with E-state index in [-0.39, 0.29) is 18.4 Å². The zero-order chi connectivity index (χ0) is 13.0. The molecule has 0 fully saturated rings. The Morgan fingerprint density at radius 3 is 2.72 bits per heavy atom. The number of esters is 1. The fourth-order valence-corrected chi connectivity index (χ4v) is 1.69. The summed E-state index contributed by atoms with van der Waals surface area (Å²) in [5.41, 5.74) is 0.878. The Labute approximate surface area is 105 Å². The van der Waals surface area contributed by atoms with Crippen molar-refractivity contribution in [3.05, 3.63) is 29.8 Å². The molecule has 0 aromatic heterocycles. The van der Waals surface area contributed by atoms with Crippen molar-refractivity contribution in [3.63, 3.8) is 0 Å². The fourth-order valence-electron chi connectivity index (χ4n) is 1.69. The van der Waals surface area contributed by atoms with Crippen LogP contribution >= 0.6 is 0 Å². The molecule has 0 unspecified atom stereocenters. The summed E-state index contributed by atoms with van der Waals surface area (Å²) >= 11 is 0. The van der Waals surface area contributed by atoms with Crippen molar-refractivity contribution < 1.29 is 19.0 Å². The summed E-state index contributed by atoms with van der Waals surface area (Å²) in [6, 6.07) is 7.27. The Kier molecular flexibility index (Phi) is 3.82. The molecular weight excluding hydrogens is 234 g/mol. The Balaban J connectivity index is 2.05. The minimum Gasteiger partial charge on any atom is -0.497 e. The first-order chi connectivity index (χ1) is 8.72. The number of hydrogen-bond acceptors (Lipinski definition) is 5. The summed E-state index contributed by atoms with van der Waals surface area (Å²) in [6.45, 7) is 0.413. The van der Waals surface area contributed by atoms with E-state index < -0.39 is 0 Å². The summed E-state index contributed by atoms with van der Waals surface area (Å²) in [4.78, 5) is 15.5. The maximum Gasteiger partial charge on any atom is 0.307 e. The Morgan fingerprint density at radius 2 is 2.11 bits per heavy atom. The number of methoxy groups -OCH3 is 2. The highest BCUT2D eigenvalue weighted by Gasteiger charge is 2.22. The lowest BCUT2D eigenvalue weighted by Crippen LogP contribution is -2.13. The molecule has 0 aliphatic carbocycles. The minimum absolute atomic E-state index is 0.158. The molecule has 0 spiro atoms. The highest BCUT2D eigenvalue weighted by atomic mass is 16.5. The van der Waals surface area contributed by atoms with Gasteiger partial charge in [0.1, 0.15) is 12.4 Å². The zero-order valence-corrected chi connectivity index (χ0v) is 10.4. The highest BCUT2D eigenvalue weighted by Crippen LogP contribution is 2.17. The van der Waals surface area contributed by atoms with E-state index in [2.05, 4.69) is 9.73 Å². The molecule has 0 saturated heterocycles. The fraction of sp³-hybridized carbons (Fsp3) is 0.385. The monoisotopic (exact) mass is 249 g/mol. The van der Waals surface area contributed by atoms with Crippen molar-refractivity contribution in [1.82, 2.24) is 0 Å². The van der Waals surface area contributed by atoms with Crippen LogP contribution in [0.1, 0.15) is 12.0 Å². The van der Waals surface area contributed by atoms with Crippen LogP contribution in [0.25, 0.3) is 0 Å². The number of rotatable bonds is 4. The Hall–Kier alpha value is -2.04. The van der Waals surface area contributed by atoms with Crippen molar-refractivity contribution in [2.24, 2.45) is 4.99 Å². The van der Waals surface area contributed by atoms with Gasteiger partial charge in [0.25, 0.3) is 0 Å². The van der Waals surface area contributed by atoms with E-state index in [1.165, 1.54) is 7.11 Å². The quantitative estimate of drug-likeness (QED) is 0.757. The molecule has 5 heteroatoms. The van der Waals surface area contributed by atoms with Crippen LogP contribution in [-0.4, -0.2) is 38.7 Å². The first-order valence-corrected chi connectivity index (χ1v) is 5.64. The molecule has 0 N–H and O–H groups in total. The third-order valence-corrected chi connectivity index (χ3v) is 2.68. The smallest absolute Gasteiger partial charge is 0.307 e. The Morgan fingerprint density at radius 1 is 1.39 bits per heavy atom. The summed E-state index contributed by atoms with van der Waals surface area (Å²) in [7, 11) is 2.98. The normalized spacial score (nSPS) is 17.9. The van der Waals surface area contributed by atoms with Gasteiger partial charge in [0.05, 0.1) is 26.7 Å². The SMILES string of the molecule is COC(=O)C[C@H]1COC(c2ccc(OC)cc2)=N1. The summed E-state index contributed by atoms with van der Waals surface area (Å²) in [5.74, 6) is 1.07. The average Bonchev–Trinajstić information content (AvgIpc) is 2.87. The molecule has 1 heterocycles. The predicted octanol–water partition coefficient (Wildman–Crippen LogP) is 1.40. The van der Waals surface area contributed by atoms with E-state index in [1.54, 1.807) is 7.11 Å². The van der Waals surface area contributed by atoms with Crippen molar-refractivity contribution >= 4 is 11.9 Å². The molecule has 1 aromatic carbocycles. The van der Waals surface area contributed by atoms with Crippen molar-refractivity contribution in [2.75, 3.05) is 20.8 Å². The van der Waals surface area contributed by atoms with Crippen LogP contribution in [-0.2, 0) is 14.3 Å². The topological polar surface area (TPSA) is 57.1 Å². The Bertz CT molecular complexity index is 453. The van der Waals surface area contributed by atoms with Crippen LogP contribution in [0.15, 0.2) is 29.3 Å². The van der Waals surface area contributed by atoms with Crippen LogP contribution in [0.2, 0.25) is 0 Å². The molecule has 0 radical (unpaired) electrons. The number of carbonyl (C=O) groups excluding carboxylic acids is 1. The first-order valence-electron chi connectivity index (χ1n) is 5.64. The zero-order valence-electron chi connectivity index (χ0n) is 10.4. The standard InChI is InChI=1S/C13H15NO4/c1-16-11-5-3-9(4-6-11)13-14-10(8-18-13)7-12(15)17-2/h3-6,10H,7-8H2,1-2H3/t10-/m0/s1. The van der Waals surface area contributed by atoms with Gasteiger partial charge in [-0.2, -0.15) is 0 Å². The van der Waals surface area contributed by atoms with Crippen molar-refractivity contribution in [1.29, 1.82) is 0 Å². The first kappa shape index (κ1) is 12.4. The maximum absolute atomic E-state index is 11.1. The molecule has 0 bridgehead atoms. The second kappa shape index (κ2) is 5.53. The third-order valence-electron chi connectivity index (χ3n) is 2.68. The molecular formula is C13H15NO4. The van der Waals surface area contributed by atoms with Crippen molar-refractivity contribution in [2.45, 2.75) is 12.5 Å². The van der Waals surface area contributed by atoms with E-state index in [1.807, 2.05) is 24.3 Å². The number of nitrogens with zero attached hydrogens (tertiary/aromatic N) is 1. The lowest BCUT2D eigenvalue weighted by molar-refractivity contribution is -0.141. The summed E-state index contributed by atoms with van der Waals surface area (Å²) < 4.78 is 15.2. The molecule has 0 saturated carbocycles. The number of ether oxygens (including phenoxy) is 3. The number of aliphatic imine (C=N–C) groups is 1. The van der Waals surface area contributed by atoms with Crippen LogP contribution < -0.4 is 4.74 Å². The highest BCUT2D eigenvalue weighted by molar-refractivity contribution is 5.95. The molecule has 1 aromatic rings. The largest absolute Gasteiger partial charge is 0.497 e. The number of carbonyl (C=O) groups is 1. The lowest BCUT2D eigenvalue weighted by atomic mass is 10.2. The van der Waals surface area contributed by atoms with E-state index in [4.69, 9.17) is 9.47 Å². The van der Waals surface area contributed by atoms with Gasteiger partial charge in [0.2, 0.25) is 5.90 Å². The third kappa shape index (κ3) is 2.80. The second-order valence-corrected chi connectivity index (χ2v) is 3.91. The molecule has 1 atom stereocenters. The molecule has 2 rings (SSSR count). The second-order valence-electron chi connectivity index (χ2n) is 3.91. The maximum atomic E-state index is 11.1. The van der Waals surface area contributed by atoms with Gasteiger partial charge < -0.3 is 14.2 Å². The number of hydrogen-bond donors (Lipinski definition) is 0. The van der Waals surface area contributed by atoms with Gasteiger partial charge in [-0.3, -0.25) is 4.79 Å².